The van der Waals surface area contributed by atoms with Crippen molar-refractivity contribution in [2.24, 2.45) is 5.41 Å². The fourth-order valence-corrected chi connectivity index (χ4v) is 7.73. The van der Waals surface area contributed by atoms with Gasteiger partial charge in [0.25, 0.3) is 5.91 Å². The second-order valence-electron chi connectivity index (χ2n) is 10.7. The molecule has 13 heteroatoms. The highest BCUT2D eigenvalue weighted by Crippen LogP contribution is 2.52. The molecule has 2 aromatic carbocycles. The minimum absolute atomic E-state index is 0.0241. The molecular weight excluding hydrogens is 554 g/mol. The fourth-order valence-electron chi connectivity index (χ4n) is 5.38. The molecule has 1 unspecified atom stereocenters. The van der Waals surface area contributed by atoms with Crippen LogP contribution >= 0.6 is 0 Å². The van der Waals surface area contributed by atoms with Gasteiger partial charge in [0.15, 0.2) is 21.4 Å². The average Bonchev–Trinajstić information content (AvgIpc) is 3.07. The van der Waals surface area contributed by atoms with Crippen molar-refractivity contribution in [3.05, 3.63) is 81.3 Å². The predicted octanol–water partition coefficient (Wildman–Crippen LogP) is 6.02. The van der Waals surface area contributed by atoms with Crippen molar-refractivity contribution in [1.29, 1.82) is 0 Å². The third-order valence-corrected chi connectivity index (χ3v) is 9.18. The van der Waals surface area contributed by atoms with Crippen molar-refractivity contribution >= 4 is 27.1 Å². The number of oxazole rings is 1. The molecule has 3 heterocycles. The first-order chi connectivity index (χ1) is 18.5. The van der Waals surface area contributed by atoms with Gasteiger partial charge in [-0.15, -0.1) is 0 Å². The first-order valence-electron chi connectivity index (χ1n) is 12.2. The average molecular weight is 580 g/mol. The van der Waals surface area contributed by atoms with Crippen LogP contribution in [0.1, 0.15) is 59.6 Å². The van der Waals surface area contributed by atoms with Crippen molar-refractivity contribution in [1.82, 2.24) is 4.98 Å². The Balaban J connectivity index is 1.88. The van der Waals surface area contributed by atoms with Gasteiger partial charge in [-0.2, -0.15) is 13.2 Å². The molecule has 2 aliphatic rings. The van der Waals surface area contributed by atoms with Crippen molar-refractivity contribution in [3.8, 4) is 5.75 Å². The van der Waals surface area contributed by atoms with Gasteiger partial charge in [-0.05, 0) is 43.0 Å². The summed E-state index contributed by atoms with van der Waals surface area (Å²) in [5, 5.41) is 13.8. The minimum Gasteiger partial charge on any atom is -0.506 e. The van der Waals surface area contributed by atoms with E-state index < -0.39 is 50.3 Å². The van der Waals surface area contributed by atoms with Crippen LogP contribution in [0.25, 0.3) is 0 Å². The number of aryl methyl sites for hydroxylation is 2. The van der Waals surface area contributed by atoms with E-state index in [9.17, 15) is 31.5 Å². The maximum absolute atomic E-state index is 15.7. The van der Waals surface area contributed by atoms with Gasteiger partial charge in [-0.1, -0.05) is 26.0 Å². The number of rotatable bonds is 2. The van der Waals surface area contributed by atoms with Crippen LogP contribution in [0.15, 0.2) is 51.4 Å². The molecule has 212 valence electrons. The van der Waals surface area contributed by atoms with E-state index in [0.29, 0.717) is 6.07 Å². The quantitative estimate of drug-likeness (QED) is 0.282. The molecule has 8 nitrogen and oxygen atoms in total. The number of hydrogen-bond acceptors (Lipinski definition) is 7. The summed E-state index contributed by atoms with van der Waals surface area (Å²) in [7, 11) is -4.24. The Morgan fingerprint density at radius 2 is 1.90 bits per heavy atom. The first kappa shape index (κ1) is 27.7. The fraction of sp³-hybridized carbons (Fsp3) is 0.333. The van der Waals surface area contributed by atoms with Crippen LogP contribution in [0.2, 0.25) is 0 Å². The summed E-state index contributed by atoms with van der Waals surface area (Å²) in [5.41, 5.74) is -2.72. The van der Waals surface area contributed by atoms with Crippen LogP contribution in [-0.4, -0.2) is 30.2 Å². The van der Waals surface area contributed by atoms with E-state index in [0.717, 1.165) is 11.0 Å². The lowest BCUT2D eigenvalue weighted by molar-refractivity contribution is -0.137. The van der Waals surface area contributed by atoms with Gasteiger partial charge in [0.1, 0.15) is 29.1 Å². The van der Waals surface area contributed by atoms with Crippen LogP contribution in [0.5, 0.6) is 5.75 Å². The minimum atomic E-state index is -4.86. The van der Waals surface area contributed by atoms with Gasteiger partial charge < -0.3 is 14.8 Å². The Hall–Kier alpha value is -3.87. The molecule has 0 saturated heterocycles. The first-order valence-corrected chi connectivity index (χ1v) is 13.8. The Kier molecular flexibility index (Phi) is 6.29. The summed E-state index contributed by atoms with van der Waals surface area (Å²) in [6.45, 7) is 6.38. The summed E-state index contributed by atoms with van der Waals surface area (Å²) >= 11 is 0. The maximum Gasteiger partial charge on any atom is 0.416 e. The van der Waals surface area contributed by atoms with Crippen LogP contribution < -0.4 is 10.2 Å². The van der Waals surface area contributed by atoms with Crippen LogP contribution in [0, 0.1) is 25.1 Å². The number of carbonyl (C=O) groups is 1. The zero-order chi connectivity index (χ0) is 29.4. The van der Waals surface area contributed by atoms with Crippen LogP contribution in [0.4, 0.5) is 28.9 Å². The zero-order valence-corrected chi connectivity index (χ0v) is 22.7. The van der Waals surface area contributed by atoms with E-state index in [4.69, 9.17) is 4.42 Å². The van der Waals surface area contributed by atoms with E-state index in [2.05, 4.69) is 10.3 Å². The number of sulfone groups is 1. The Morgan fingerprint density at radius 3 is 2.50 bits per heavy atom. The lowest BCUT2D eigenvalue weighted by Crippen LogP contribution is -2.41. The third-order valence-electron chi connectivity index (χ3n) is 6.88. The number of para-hydroxylation sites is 1. The lowest BCUT2D eigenvalue weighted by atomic mass is 9.88. The second-order valence-corrected chi connectivity index (χ2v) is 12.6. The predicted molar refractivity (Wildman–Crippen MR) is 138 cm³/mol. The highest BCUT2D eigenvalue weighted by atomic mass is 32.2. The number of fused-ring (bicyclic) bond motifs is 1. The van der Waals surface area contributed by atoms with Crippen LogP contribution in [0.3, 0.4) is 0 Å². The number of halogens is 4. The topological polar surface area (TPSA) is 113 Å². The third kappa shape index (κ3) is 4.61. The van der Waals surface area contributed by atoms with E-state index in [1.165, 1.54) is 32.0 Å². The number of phenols is 1. The number of allylic oxidation sites excluding steroid dienone is 1. The van der Waals surface area contributed by atoms with Gasteiger partial charge in [0, 0.05) is 18.2 Å². The molecule has 1 atom stereocenters. The van der Waals surface area contributed by atoms with Gasteiger partial charge in [-0.25, -0.2) is 17.8 Å². The number of alkyl halides is 3. The van der Waals surface area contributed by atoms with Crippen molar-refractivity contribution in [3.63, 3.8) is 0 Å². The molecule has 1 aromatic heterocycles. The molecule has 2 aliphatic heterocycles. The molecule has 1 amide bonds. The number of benzene rings is 2. The summed E-state index contributed by atoms with van der Waals surface area (Å²) in [6, 6.07) is 4.13. The largest absolute Gasteiger partial charge is 0.506 e. The van der Waals surface area contributed by atoms with E-state index in [1.807, 2.05) is 0 Å². The summed E-state index contributed by atoms with van der Waals surface area (Å²) in [4.78, 5) is 18.9. The smallest absolute Gasteiger partial charge is 0.416 e. The molecule has 40 heavy (non-hydrogen) atoms. The molecule has 0 fully saturated rings. The maximum atomic E-state index is 15.7. The number of nitrogens with zero attached hydrogens (tertiary/aromatic N) is 2. The summed E-state index contributed by atoms with van der Waals surface area (Å²) in [5.74, 6) is -2.73. The molecule has 5 rings (SSSR count). The molecule has 0 bridgehead atoms. The number of phenolic OH excluding ortho intramolecular Hbond substituents is 1. The number of aromatic nitrogens is 1. The van der Waals surface area contributed by atoms with E-state index in [1.54, 1.807) is 13.8 Å². The Morgan fingerprint density at radius 1 is 1.20 bits per heavy atom. The molecular formula is C27H25F4N3O5S. The van der Waals surface area contributed by atoms with Gasteiger partial charge >= 0.3 is 6.18 Å². The van der Waals surface area contributed by atoms with Gasteiger partial charge in [0.2, 0.25) is 0 Å². The molecule has 0 spiro atoms. The molecule has 2 N–H and O–H groups in total. The van der Waals surface area contributed by atoms with Crippen LogP contribution in [-0.2, 0) is 16.0 Å². The summed E-state index contributed by atoms with van der Waals surface area (Å²) in [6.07, 6.45) is -4.74. The molecule has 0 saturated carbocycles. The summed E-state index contributed by atoms with van der Waals surface area (Å²) < 4.78 is 89.1. The molecule has 0 aliphatic carbocycles. The highest BCUT2D eigenvalue weighted by Gasteiger charge is 2.48. The van der Waals surface area contributed by atoms with Crippen molar-refractivity contribution in [2.75, 3.05) is 16.0 Å². The number of anilines is 2. The molecule has 0 radical (unpaired) electrons. The normalized spacial score (nSPS) is 19.9. The number of carbonyl (C=O) groups excluding carboxylic acids is 1. The Bertz CT molecular complexity index is 1690. The highest BCUT2D eigenvalue weighted by molar-refractivity contribution is 7.95. The monoisotopic (exact) mass is 579 g/mol. The van der Waals surface area contributed by atoms with Gasteiger partial charge in [0.05, 0.1) is 21.9 Å². The molecule has 3 aromatic rings. The lowest BCUT2D eigenvalue weighted by Gasteiger charge is -2.37. The Labute approximate surface area is 227 Å². The SMILES string of the molecule is Cc1nc(C(=O)N2c3cccc(O)c3NC3=C(C2c2ccc(C(F)(F)F)cc2F)S(=O)(=O)CC(C)(C)C3)c(C)o1. The van der Waals surface area contributed by atoms with E-state index >= 15 is 4.39 Å². The zero-order valence-electron chi connectivity index (χ0n) is 21.9. The van der Waals surface area contributed by atoms with Gasteiger partial charge in [-0.3, -0.25) is 9.69 Å². The second kappa shape index (κ2) is 9.08. The van der Waals surface area contributed by atoms with Crippen molar-refractivity contribution < 1.29 is 40.3 Å². The number of hydrogen-bond donors (Lipinski definition) is 2. The standard InChI is InChI=1S/C27H25F4N3O5S/c1-13-21(32-14(2)39-13)25(36)34-19-6-5-7-20(35)22(19)33-18-11-26(3,4)12-40(37,38)24(18)23(34)16-9-8-15(10-17(16)28)27(29,30)31/h5-10,23,33,35H,11-12H2,1-4H3. The number of amides is 1. The van der Waals surface area contributed by atoms with Crippen molar-refractivity contribution in [2.45, 2.75) is 46.3 Å². The van der Waals surface area contributed by atoms with E-state index in [-0.39, 0.29) is 63.3 Å². The number of aromatic hydroxyl groups is 1. The number of nitrogens with one attached hydrogen (secondary N) is 1.